The summed E-state index contributed by atoms with van der Waals surface area (Å²) in [6.07, 6.45) is -3.85. The molecule has 9 heteroatoms. The number of amides is 1. The van der Waals surface area contributed by atoms with E-state index in [-0.39, 0.29) is 24.5 Å². The van der Waals surface area contributed by atoms with E-state index in [9.17, 15) is 26.4 Å². The first-order valence-corrected chi connectivity index (χ1v) is 10.8. The van der Waals surface area contributed by atoms with Gasteiger partial charge in [0.05, 0.1) is 11.3 Å². The molecule has 1 aliphatic heterocycles. The van der Waals surface area contributed by atoms with E-state index in [0.717, 1.165) is 12.1 Å². The Kier molecular flexibility index (Phi) is 6.28. The van der Waals surface area contributed by atoms with Crippen LogP contribution in [0.4, 0.5) is 18.9 Å². The van der Waals surface area contributed by atoms with Crippen molar-refractivity contribution in [2.75, 3.05) is 18.4 Å². The predicted octanol–water partition coefficient (Wildman–Crippen LogP) is 3.89. The molecule has 3 rings (SSSR count). The minimum absolute atomic E-state index is 0.0731. The second-order valence-corrected chi connectivity index (χ2v) is 8.95. The standard InChI is InChI=1S/C20H21F3N2O3S/c21-20(22,23)17-7-4-8-18(13-17)24-19(26)16-9-11-25(12-10-16)29(27,28)14-15-5-2-1-3-6-15/h1-8,13,16H,9-12,14H2,(H,24,26). The maximum Gasteiger partial charge on any atom is 0.416 e. The van der Waals surface area contributed by atoms with Gasteiger partial charge in [-0.2, -0.15) is 13.2 Å². The summed E-state index contributed by atoms with van der Waals surface area (Å²) < 4.78 is 64.9. The molecule has 0 atom stereocenters. The molecule has 0 radical (unpaired) electrons. The summed E-state index contributed by atoms with van der Waals surface area (Å²) in [6, 6.07) is 13.3. The van der Waals surface area contributed by atoms with Crippen LogP contribution in [-0.4, -0.2) is 31.7 Å². The van der Waals surface area contributed by atoms with E-state index in [2.05, 4.69) is 5.32 Å². The number of sulfonamides is 1. The molecule has 0 aliphatic carbocycles. The van der Waals surface area contributed by atoms with Crippen molar-refractivity contribution in [2.45, 2.75) is 24.8 Å². The third-order valence-corrected chi connectivity index (χ3v) is 6.72. The molecule has 1 heterocycles. The number of alkyl halides is 3. The molecule has 2 aromatic carbocycles. The van der Waals surface area contributed by atoms with Crippen molar-refractivity contribution in [3.05, 3.63) is 65.7 Å². The van der Waals surface area contributed by atoms with Crippen LogP contribution < -0.4 is 5.32 Å². The van der Waals surface area contributed by atoms with Crippen LogP contribution in [0.1, 0.15) is 24.0 Å². The number of carbonyl (C=O) groups excluding carboxylic acids is 1. The molecule has 156 valence electrons. The highest BCUT2D eigenvalue weighted by molar-refractivity contribution is 7.88. The number of anilines is 1. The van der Waals surface area contributed by atoms with Gasteiger partial charge in [-0.3, -0.25) is 4.79 Å². The highest BCUT2D eigenvalue weighted by Crippen LogP contribution is 2.31. The van der Waals surface area contributed by atoms with Gasteiger partial charge in [-0.1, -0.05) is 36.4 Å². The number of carbonyl (C=O) groups is 1. The van der Waals surface area contributed by atoms with Crippen LogP contribution in [0.5, 0.6) is 0 Å². The van der Waals surface area contributed by atoms with Crippen LogP contribution in [-0.2, 0) is 26.7 Å². The molecule has 29 heavy (non-hydrogen) atoms. The quantitative estimate of drug-likeness (QED) is 0.789. The van der Waals surface area contributed by atoms with E-state index in [0.29, 0.717) is 18.4 Å². The Hall–Kier alpha value is -2.39. The van der Waals surface area contributed by atoms with E-state index in [1.165, 1.54) is 16.4 Å². The van der Waals surface area contributed by atoms with Gasteiger partial charge in [0.25, 0.3) is 0 Å². The lowest BCUT2D eigenvalue weighted by Crippen LogP contribution is -2.41. The molecule has 2 aromatic rings. The predicted molar refractivity (Wildman–Crippen MR) is 103 cm³/mol. The average Bonchev–Trinajstić information content (AvgIpc) is 2.68. The second kappa shape index (κ2) is 8.54. The van der Waals surface area contributed by atoms with E-state index in [1.54, 1.807) is 24.3 Å². The maximum absolute atomic E-state index is 12.8. The van der Waals surface area contributed by atoms with Gasteiger partial charge in [0.2, 0.25) is 15.9 Å². The molecule has 0 spiro atoms. The molecule has 1 N–H and O–H groups in total. The Balaban J connectivity index is 1.57. The highest BCUT2D eigenvalue weighted by Gasteiger charge is 2.32. The first-order chi connectivity index (χ1) is 13.6. The first-order valence-electron chi connectivity index (χ1n) is 9.15. The van der Waals surface area contributed by atoms with Gasteiger partial charge in [0, 0.05) is 24.7 Å². The number of piperidine rings is 1. The highest BCUT2D eigenvalue weighted by atomic mass is 32.2. The third kappa shape index (κ3) is 5.57. The summed E-state index contributed by atoms with van der Waals surface area (Å²) >= 11 is 0. The summed E-state index contributed by atoms with van der Waals surface area (Å²) in [5.74, 6) is -0.952. The van der Waals surface area contributed by atoms with Crippen molar-refractivity contribution in [3.63, 3.8) is 0 Å². The van der Waals surface area contributed by atoms with Crippen LogP contribution >= 0.6 is 0 Å². The van der Waals surface area contributed by atoms with E-state index < -0.39 is 33.6 Å². The average molecular weight is 426 g/mol. The molecular weight excluding hydrogens is 405 g/mol. The van der Waals surface area contributed by atoms with Gasteiger partial charge in [-0.05, 0) is 36.6 Å². The third-order valence-electron chi connectivity index (χ3n) is 4.87. The second-order valence-electron chi connectivity index (χ2n) is 6.98. The van der Waals surface area contributed by atoms with Gasteiger partial charge in [-0.15, -0.1) is 0 Å². The molecule has 1 aliphatic rings. The lowest BCUT2D eigenvalue weighted by molar-refractivity contribution is -0.137. The topological polar surface area (TPSA) is 66.5 Å². The summed E-state index contributed by atoms with van der Waals surface area (Å²) in [5, 5.41) is 2.51. The van der Waals surface area contributed by atoms with Crippen molar-refractivity contribution in [3.8, 4) is 0 Å². The number of nitrogens with zero attached hydrogens (tertiary/aromatic N) is 1. The van der Waals surface area contributed by atoms with Crippen LogP contribution in [0.2, 0.25) is 0 Å². The summed E-state index contributed by atoms with van der Waals surface area (Å²) in [7, 11) is -3.49. The van der Waals surface area contributed by atoms with Crippen molar-refractivity contribution in [1.82, 2.24) is 4.31 Å². The minimum Gasteiger partial charge on any atom is -0.326 e. The maximum atomic E-state index is 12.8. The fourth-order valence-corrected chi connectivity index (χ4v) is 4.85. The first kappa shape index (κ1) is 21.3. The van der Waals surface area contributed by atoms with Crippen LogP contribution in [0.15, 0.2) is 54.6 Å². The van der Waals surface area contributed by atoms with Crippen LogP contribution in [0.25, 0.3) is 0 Å². The minimum atomic E-state index is -4.49. The molecule has 0 bridgehead atoms. The fraction of sp³-hybridized carbons (Fsp3) is 0.350. The molecule has 1 fully saturated rings. The summed E-state index contributed by atoms with van der Waals surface area (Å²) in [5.41, 5.74) is -0.0713. The zero-order valence-corrected chi connectivity index (χ0v) is 16.3. The lowest BCUT2D eigenvalue weighted by Gasteiger charge is -2.30. The van der Waals surface area contributed by atoms with Crippen molar-refractivity contribution in [2.24, 2.45) is 5.92 Å². The number of hydrogen-bond acceptors (Lipinski definition) is 3. The summed E-state index contributed by atoms with van der Waals surface area (Å²) in [4.78, 5) is 12.4. The number of nitrogens with one attached hydrogen (secondary N) is 1. The van der Waals surface area contributed by atoms with E-state index in [1.807, 2.05) is 6.07 Å². The Morgan fingerprint density at radius 1 is 1.03 bits per heavy atom. The molecule has 0 saturated carbocycles. The SMILES string of the molecule is O=C(Nc1cccc(C(F)(F)F)c1)C1CCN(S(=O)(=O)Cc2ccccc2)CC1. The Morgan fingerprint density at radius 3 is 2.31 bits per heavy atom. The van der Waals surface area contributed by atoms with Crippen LogP contribution in [0, 0.1) is 5.92 Å². The van der Waals surface area contributed by atoms with Gasteiger partial charge >= 0.3 is 6.18 Å². The van der Waals surface area contributed by atoms with Crippen molar-refractivity contribution < 1.29 is 26.4 Å². The Morgan fingerprint density at radius 2 is 1.69 bits per heavy atom. The molecule has 5 nitrogen and oxygen atoms in total. The Labute approximate surface area is 167 Å². The molecule has 1 amide bonds. The van der Waals surface area contributed by atoms with Crippen LogP contribution in [0.3, 0.4) is 0 Å². The number of halogens is 3. The Bertz CT molecular complexity index is 954. The monoisotopic (exact) mass is 426 g/mol. The van der Waals surface area contributed by atoms with Gasteiger partial charge in [-0.25, -0.2) is 12.7 Å². The number of benzene rings is 2. The molecule has 0 aromatic heterocycles. The summed E-state index contributed by atoms with van der Waals surface area (Å²) in [6.45, 7) is 0.408. The zero-order chi connectivity index (χ0) is 21.1. The van der Waals surface area contributed by atoms with E-state index >= 15 is 0 Å². The fourth-order valence-electron chi connectivity index (χ4n) is 3.29. The van der Waals surface area contributed by atoms with Crippen molar-refractivity contribution in [1.29, 1.82) is 0 Å². The lowest BCUT2D eigenvalue weighted by atomic mass is 9.97. The molecular formula is C20H21F3N2O3S. The normalized spacial score (nSPS) is 16.5. The van der Waals surface area contributed by atoms with Crippen molar-refractivity contribution >= 4 is 21.6 Å². The zero-order valence-electron chi connectivity index (χ0n) is 15.5. The number of rotatable bonds is 5. The van der Waals surface area contributed by atoms with Gasteiger partial charge in [0.15, 0.2) is 0 Å². The van der Waals surface area contributed by atoms with Gasteiger partial charge in [0.1, 0.15) is 0 Å². The number of hydrogen-bond donors (Lipinski definition) is 1. The molecule has 1 saturated heterocycles. The van der Waals surface area contributed by atoms with E-state index in [4.69, 9.17) is 0 Å². The smallest absolute Gasteiger partial charge is 0.326 e. The molecule has 0 unspecified atom stereocenters. The van der Waals surface area contributed by atoms with Gasteiger partial charge < -0.3 is 5.32 Å². The largest absolute Gasteiger partial charge is 0.416 e.